The number of carbonyl (C=O) groups excluding carboxylic acids is 1. The number of fused-ring (bicyclic) bond motifs is 2. The number of hydrogen-bond donors (Lipinski definition) is 0. The number of ether oxygens (including phenoxy) is 2. The molecule has 0 fully saturated rings. The molecule has 10 heteroatoms. The van der Waals surface area contributed by atoms with E-state index in [2.05, 4.69) is 108 Å². The van der Waals surface area contributed by atoms with Crippen LogP contribution in [-0.2, 0) is 25.1 Å². The van der Waals surface area contributed by atoms with Gasteiger partial charge in [0, 0.05) is 47.6 Å². The smallest absolute Gasteiger partial charge is 0.339 e. The number of nitrogens with zero attached hydrogens (tertiary/aromatic N) is 2. The van der Waals surface area contributed by atoms with Gasteiger partial charge in [-0.15, -0.1) is 0 Å². The number of rotatable bonds is 7. The molecule has 0 aliphatic heterocycles. The van der Waals surface area contributed by atoms with E-state index in [9.17, 15) is 9.36 Å². The lowest BCUT2D eigenvalue weighted by atomic mass is 10.1. The highest BCUT2D eigenvalue weighted by Gasteiger charge is 2.26. The average molecular weight is 616 g/mol. The van der Waals surface area contributed by atoms with E-state index in [1.807, 2.05) is 31.2 Å². The number of aldehydes is 1. The summed E-state index contributed by atoms with van der Waals surface area (Å²) in [7, 11) is 3.45. The van der Waals surface area contributed by atoms with Crippen LogP contribution >= 0.6 is 38.9 Å². The van der Waals surface area contributed by atoms with Crippen molar-refractivity contribution in [3.8, 4) is 0 Å². The minimum atomic E-state index is -3.22. The molecule has 0 spiro atoms. The minimum Gasteiger partial charge on any atom is -0.382 e. The Labute approximate surface area is 245 Å². The summed E-state index contributed by atoms with van der Waals surface area (Å²) in [4.78, 5) is 11.3. The fourth-order valence-corrected chi connectivity index (χ4v) is 5.25. The van der Waals surface area contributed by atoms with E-state index < -0.39 is 5.20 Å². The van der Waals surface area contributed by atoms with E-state index in [0.29, 0.717) is 13.2 Å². The molecule has 0 bridgehead atoms. The molecule has 2 aromatic carbocycles. The summed E-state index contributed by atoms with van der Waals surface area (Å²) >= 11 is 13.8. The molecule has 4 rings (SSSR count). The van der Waals surface area contributed by atoms with Gasteiger partial charge in [0.05, 0.1) is 24.3 Å². The molecule has 0 saturated heterocycles. The monoisotopic (exact) mass is 614 g/mol. The molecule has 0 atom stereocenters. The van der Waals surface area contributed by atoms with Crippen LogP contribution in [0.2, 0.25) is 0 Å². The van der Waals surface area contributed by atoms with Gasteiger partial charge in [-0.1, -0.05) is 36.4 Å². The molecule has 39 heavy (non-hydrogen) atoms. The van der Waals surface area contributed by atoms with E-state index in [1.165, 1.54) is 16.6 Å². The third-order valence-electron chi connectivity index (χ3n) is 6.38. The number of para-hydroxylation sites is 2. The molecule has 2 aromatic heterocycles. The number of halogens is 3. The summed E-state index contributed by atoms with van der Waals surface area (Å²) in [6.07, 6.45) is 0.942. The fraction of sp³-hybridized carbons (Fsp3) is 0.414. The summed E-state index contributed by atoms with van der Waals surface area (Å²) < 4.78 is 24.7. The molecule has 0 N–H and O–H groups in total. The lowest BCUT2D eigenvalue weighted by Crippen LogP contribution is -2.32. The van der Waals surface area contributed by atoms with Gasteiger partial charge in [-0.3, -0.25) is 9.36 Å². The van der Waals surface area contributed by atoms with Crippen molar-refractivity contribution in [3.63, 3.8) is 0 Å². The largest absolute Gasteiger partial charge is 0.382 e. The molecular formula is C29H38Cl3N2O4P. The Balaban J connectivity index is 0.000000235. The van der Waals surface area contributed by atoms with Crippen LogP contribution in [0.3, 0.4) is 0 Å². The van der Waals surface area contributed by atoms with Crippen molar-refractivity contribution >= 4 is 67.0 Å². The molecule has 214 valence electrons. The lowest BCUT2D eigenvalue weighted by molar-refractivity contribution is 0.109. The zero-order chi connectivity index (χ0) is 29.6. The van der Waals surface area contributed by atoms with Gasteiger partial charge in [0.25, 0.3) is 0 Å². The highest BCUT2D eigenvalue weighted by molar-refractivity contribution is 8.24. The van der Waals surface area contributed by atoms with Crippen LogP contribution in [0.25, 0.3) is 21.8 Å². The normalized spacial score (nSPS) is 12.1. The summed E-state index contributed by atoms with van der Waals surface area (Å²) in [5.41, 5.74) is 5.22. The zero-order valence-corrected chi connectivity index (χ0v) is 27.0. The first kappa shape index (κ1) is 33.4. The van der Waals surface area contributed by atoms with Crippen LogP contribution < -0.4 is 0 Å². The Hall–Kier alpha value is -1.79. The molecule has 0 radical (unpaired) electrons. The van der Waals surface area contributed by atoms with Gasteiger partial charge in [0.2, 0.25) is 0 Å². The summed E-state index contributed by atoms with van der Waals surface area (Å²) in [5.74, 6) is 0. The quantitative estimate of drug-likeness (QED) is 0.154. The number of benzene rings is 2. The number of aromatic nitrogens is 2. The van der Waals surface area contributed by atoms with Crippen LogP contribution in [0.1, 0.15) is 49.4 Å². The van der Waals surface area contributed by atoms with Gasteiger partial charge in [0.1, 0.15) is 0 Å². The standard InChI is InChI=1S/C15H19NO2.C14H19NO.Cl3OP/c1-11-13(9-17)12-7-5-6-8-14(12)16(11)15(2,3)10-18-4;1-11-9-12-7-5-6-8-13(12)15(11)14(2,3)10-16-4;1-5(2,3)4/h5-9H,10H2,1-4H3;5-9H,10H2,1-4H3;. The van der Waals surface area contributed by atoms with Crippen LogP contribution in [0.15, 0.2) is 54.6 Å². The minimum absolute atomic E-state index is 0.0120. The van der Waals surface area contributed by atoms with Crippen molar-refractivity contribution in [3.05, 3.63) is 71.5 Å². The Morgan fingerprint density at radius 1 is 0.821 bits per heavy atom. The van der Waals surface area contributed by atoms with Crippen LogP contribution in [0.4, 0.5) is 0 Å². The average Bonchev–Trinajstić information content (AvgIpc) is 3.31. The zero-order valence-electron chi connectivity index (χ0n) is 23.8. The van der Waals surface area contributed by atoms with Crippen LogP contribution in [0, 0.1) is 13.8 Å². The topological polar surface area (TPSA) is 62.5 Å². The second-order valence-corrected chi connectivity index (χ2v) is 17.2. The van der Waals surface area contributed by atoms with Gasteiger partial charge < -0.3 is 18.6 Å². The van der Waals surface area contributed by atoms with E-state index in [1.54, 1.807) is 14.2 Å². The molecule has 0 aliphatic rings. The number of hydrogen-bond acceptors (Lipinski definition) is 4. The molecule has 6 nitrogen and oxygen atoms in total. The maximum atomic E-state index is 11.3. The number of aryl methyl sites for hydroxylation is 1. The molecule has 0 amide bonds. The van der Waals surface area contributed by atoms with Gasteiger partial charge in [-0.25, -0.2) is 0 Å². The molecule has 4 aromatic rings. The van der Waals surface area contributed by atoms with Crippen LogP contribution in [0.5, 0.6) is 0 Å². The maximum absolute atomic E-state index is 11.3. The van der Waals surface area contributed by atoms with Crippen molar-refractivity contribution in [2.75, 3.05) is 27.4 Å². The predicted octanol–water partition coefficient (Wildman–Crippen LogP) is 9.29. The first-order valence-electron chi connectivity index (χ1n) is 12.4. The molecule has 0 saturated carbocycles. The van der Waals surface area contributed by atoms with Crippen LogP contribution in [-0.4, -0.2) is 42.9 Å². The van der Waals surface area contributed by atoms with E-state index in [-0.39, 0.29) is 11.1 Å². The molecule has 2 heterocycles. The van der Waals surface area contributed by atoms with Gasteiger partial charge >= 0.3 is 5.20 Å². The SMILES string of the molecule is COCC(C)(C)n1c(C)c(C=O)c2ccccc21.COCC(C)(C)n1c(C)cc2ccccc21.O=P(Cl)(Cl)Cl. The third kappa shape index (κ3) is 8.60. The van der Waals surface area contributed by atoms with Crippen molar-refractivity contribution in [1.82, 2.24) is 9.13 Å². The Morgan fingerprint density at radius 3 is 1.79 bits per heavy atom. The Bertz CT molecular complexity index is 1450. The predicted molar refractivity (Wildman–Crippen MR) is 166 cm³/mol. The van der Waals surface area contributed by atoms with Crippen molar-refractivity contribution in [2.45, 2.75) is 52.6 Å². The molecule has 0 aliphatic carbocycles. The highest BCUT2D eigenvalue weighted by Crippen LogP contribution is 2.61. The van der Waals surface area contributed by atoms with Crippen molar-refractivity contribution in [2.24, 2.45) is 0 Å². The Kier molecular flexibility index (Phi) is 11.8. The summed E-state index contributed by atoms with van der Waals surface area (Å²) in [6, 6.07) is 18.7. The number of carbonyl (C=O) groups is 1. The fourth-order valence-electron chi connectivity index (χ4n) is 5.25. The van der Waals surface area contributed by atoms with Gasteiger partial charge in [-0.05, 0) is 98.9 Å². The number of methoxy groups -OCH3 is 2. The van der Waals surface area contributed by atoms with E-state index in [0.717, 1.165) is 28.4 Å². The first-order chi connectivity index (χ1) is 18.1. The Morgan fingerprint density at radius 2 is 1.28 bits per heavy atom. The van der Waals surface area contributed by atoms with Gasteiger partial charge in [-0.2, -0.15) is 0 Å². The van der Waals surface area contributed by atoms with E-state index >= 15 is 0 Å². The first-order valence-corrected chi connectivity index (χ1v) is 16.8. The van der Waals surface area contributed by atoms with E-state index in [4.69, 9.17) is 9.47 Å². The van der Waals surface area contributed by atoms with Gasteiger partial charge in [0.15, 0.2) is 6.29 Å². The lowest BCUT2D eigenvalue weighted by Gasteiger charge is -2.29. The molecule has 0 unspecified atom stereocenters. The second kappa shape index (κ2) is 13.7. The summed E-state index contributed by atoms with van der Waals surface area (Å²) in [6.45, 7) is 14.1. The maximum Gasteiger partial charge on any atom is 0.339 e. The second-order valence-electron chi connectivity index (χ2n) is 10.5. The van der Waals surface area contributed by atoms with Crippen molar-refractivity contribution in [1.29, 1.82) is 0 Å². The summed E-state index contributed by atoms with van der Waals surface area (Å²) in [5, 5.41) is -0.918. The highest BCUT2D eigenvalue weighted by atomic mass is 36.0. The van der Waals surface area contributed by atoms with Crippen molar-refractivity contribution < 1.29 is 18.8 Å². The molecular weight excluding hydrogens is 578 g/mol. The third-order valence-corrected chi connectivity index (χ3v) is 6.38.